The van der Waals surface area contributed by atoms with Crippen LogP contribution in [0.1, 0.15) is 63.2 Å². The summed E-state index contributed by atoms with van der Waals surface area (Å²) in [7, 11) is 0. The number of carbonyl (C=O) groups excluding carboxylic acids is 1. The lowest BCUT2D eigenvalue weighted by Crippen LogP contribution is -2.70. The Hall–Kier alpha value is -1.54. The topological polar surface area (TPSA) is 63.2 Å². The smallest absolute Gasteiger partial charge is 0.338 e. The number of halogens is 1. The fourth-order valence-corrected chi connectivity index (χ4v) is 6.25. The van der Waals surface area contributed by atoms with Crippen molar-refractivity contribution in [2.75, 3.05) is 6.61 Å². The minimum absolute atomic E-state index is 0.109. The highest BCUT2D eigenvalue weighted by molar-refractivity contribution is 5.89. The zero-order valence-corrected chi connectivity index (χ0v) is 18.3. The third kappa shape index (κ3) is 3.50. The van der Waals surface area contributed by atoms with Gasteiger partial charge in [-0.05, 0) is 68.2 Å². The van der Waals surface area contributed by atoms with Crippen LogP contribution in [0.5, 0.6) is 0 Å². The summed E-state index contributed by atoms with van der Waals surface area (Å²) >= 11 is 0. The Balaban J connectivity index is 1.29. The highest BCUT2D eigenvalue weighted by atomic mass is 19.1. The summed E-state index contributed by atoms with van der Waals surface area (Å²) in [5.74, 6) is -0.306. The SMILES string of the molecule is C[C@H]1[C@@H](CCOC(=O)c2ccc(F)cc2)O[C@@H]2O[C@@]3(C)CC[C@H]4[C@H](C)CC[C@@H]1[C@@]24OO3. The fourth-order valence-electron chi connectivity index (χ4n) is 6.25. The van der Waals surface area contributed by atoms with E-state index in [0.29, 0.717) is 23.8 Å². The molecule has 0 aromatic heterocycles. The summed E-state index contributed by atoms with van der Waals surface area (Å²) < 4.78 is 31.4. The summed E-state index contributed by atoms with van der Waals surface area (Å²) in [4.78, 5) is 24.2. The van der Waals surface area contributed by atoms with Crippen molar-refractivity contribution in [3.8, 4) is 0 Å². The van der Waals surface area contributed by atoms with E-state index in [4.69, 9.17) is 24.0 Å². The van der Waals surface area contributed by atoms with E-state index in [9.17, 15) is 9.18 Å². The van der Waals surface area contributed by atoms with Crippen molar-refractivity contribution >= 4 is 5.97 Å². The third-order valence-electron chi connectivity index (χ3n) is 8.01. The molecule has 6 nitrogen and oxygen atoms in total. The van der Waals surface area contributed by atoms with Gasteiger partial charge in [-0.25, -0.2) is 19.0 Å². The molecule has 5 fully saturated rings. The van der Waals surface area contributed by atoms with E-state index >= 15 is 0 Å². The molecule has 8 atom stereocenters. The maximum Gasteiger partial charge on any atom is 0.338 e. The lowest BCUT2D eigenvalue weighted by Gasteiger charge is -2.60. The van der Waals surface area contributed by atoms with E-state index in [1.165, 1.54) is 24.3 Å². The predicted octanol–water partition coefficient (Wildman–Crippen LogP) is 4.62. The van der Waals surface area contributed by atoms with E-state index in [2.05, 4.69) is 13.8 Å². The zero-order chi connectivity index (χ0) is 21.8. The maximum absolute atomic E-state index is 13.1. The van der Waals surface area contributed by atoms with Gasteiger partial charge in [-0.2, -0.15) is 0 Å². The quantitative estimate of drug-likeness (QED) is 0.509. The molecule has 7 heteroatoms. The van der Waals surface area contributed by atoms with Crippen LogP contribution >= 0.6 is 0 Å². The molecule has 0 N–H and O–H groups in total. The Kier molecular flexibility index (Phi) is 5.36. The summed E-state index contributed by atoms with van der Waals surface area (Å²) in [6.07, 6.45) is 3.95. The molecular formula is C24H31FO6. The van der Waals surface area contributed by atoms with Crippen LogP contribution in [0.15, 0.2) is 24.3 Å². The van der Waals surface area contributed by atoms with Crippen molar-refractivity contribution < 1.29 is 33.2 Å². The van der Waals surface area contributed by atoms with Gasteiger partial charge >= 0.3 is 5.97 Å². The molecule has 2 bridgehead atoms. The van der Waals surface area contributed by atoms with Crippen LogP contribution < -0.4 is 0 Å². The van der Waals surface area contributed by atoms with E-state index in [0.717, 1.165) is 25.7 Å². The van der Waals surface area contributed by atoms with Crippen molar-refractivity contribution in [1.82, 2.24) is 0 Å². The average molecular weight is 435 g/mol. The average Bonchev–Trinajstić information content (AvgIpc) is 2.98. The molecule has 0 radical (unpaired) electrons. The van der Waals surface area contributed by atoms with Crippen molar-refractivity contribution in [3.63, 3.8) is 0 Å². The van der Waals surface area contributed by atoms with Crippen LogP contribution in [-0.2, 0) is 24.0 Å². The van der Waals surface area contributed by atoms with Crippen LogP contribution in [0.4, 0.5) is 4.39 Å². The lowest BCUT2D eigenvalue weighted by molar-refractivity contribution is -0.571. The Labute approximate surface area is 182 Å². The molecule has 1 spiro atoms. The first-order valence-electron chi connectivity index (χ1n) is 11.5. The summed E-state index contributed by atoms with van der Waals surface area (Å²) in [6.45, 7) is 6.63. The highest BCUT2D eigenvalue weighted by Gasteiger charge is 2.69. The molecule has 1 aliphatic carbocycles. The molecule has 1 aromatic carbocycles. The monoisotopic (exact) mass is 434 g/mol. The van der Waals surface area contributed by atoms with Gasteiger partial charge in [0.1, 0.15) is 5.82 Å². The van der Waals surface area contributed by atoms with Gasteiger partial charge in [0, 0.05) is 18.8 Å². The number of ether oxygens (including phenoxy) is 3. The van der Waals surface area contributed by atoms with Crippen molar-refractivity contribution in [1.29, 1.82) is 0 Å². The lowest BCUT2D eigenvalue weighted by atomic mass is 9.57. The van der Waals surface area contributed by atoms with Gasteiger partial charge in [0.15, 0.2) is 11.9 Å². The molecular weight excluding hydrogens is 403 g/mol. The number of hydrogen-bond acceptors (Lipinski definition) is 6. The zero-order valence-electron chi connectivity index (χ0n) is 18.3. The molecule has 0 amide bonds. The summed E-state index contributed by atoms with van der Waals surface area (Å²) in [5, 5.41) is 0. The van der Waals surface area contributed by atoms with Crippen molar-refractivity contribution in [2.45, 2.75) is 76.7 Å². The van der Waals surface area contributed by atoms with Crippen LogP contribution in [-0.4, -0.2) is 36.4 Å². The first-order chi connectivity index (χ1) is 14.8. The number of rotatable bonds is 4. The van der Waals surface area contributed by atoms with E-state index in [1.54, 1.807) is 0 Å². The summed E-state index contributed by atoms with van der Waals surface area (Å²) in [5.41, 5.74) is -0.237. The van der Waals surface area contributed by atoms with Gasteiger partial charge in [-0.15, -0.1) is 0 Å². The van der Waals surface area contributed by atoms with E-state index < -0.39 is 23.6 Å². The normalized spacial score (nSPS) is 43.7. The standard InChI is InChI=1S/C24H31FO6/c1-14-4-9-19-15(2)20(11-13-27-21(26)16-5-7-17(25)8-6-16)28-22-24(19)18(14)10-12-23(3,29-22)30-31-24/h5-8,14-15,18-20,22H,4,9-13H2,1-3H3/t14-,15-,18+,19+,20-,22-,23-,24-/m1/s1. The van der Waals surface area contributed by atoms with E-state index in [-0.39, 0.29) is 30.4 Å². The number of fused-ring (bicyclic) bond motifs is 2. The molecule has 31 heavy (non-hydrogen) atoms. The van der Waals surface area contributed by atoms with Crippen LogP contribution in [0.2, 0.25) is 0 Å². The Morgan fingerprint density at radius 1 is 1.13 bits per heavy atom. The fraction of sp³-hybridized carbons (Fsp3) is 0.708. The number of carbonyl (C=O) groups is 1. The van der Waals surface area contributed by atoms with Gasteiger partial charge < -0.3 is 14.2 Å². The summed E-state index contributed by atoms with van der Waals surface area (Å²) in [6, 6.07) is 5.37. The first kappa shape index (κ1) is 21.3. The highest BCUT2D eigenvalue weighted by Crippen LogP contribution is 2.60. The molecule has 0 unspecified atom stereocenters. The van der Waals surface area contributed by atoms with Gasteiger partial charge in [0.2, 0.25) is 5.79 Å². The van der Waals surface area contributed by atoms with Crippen LogP contribution in [0, 0.1) is 29.5 Å². The second-order valence-corrected chi connectivity index (χ2v) is 9.88. The van der Waals surface area contributed by atoms with E-state index in [1.807, 2.05) is 6.92 Å². The molecule has 1 aromatic rings. The van der Waals surface area contributed by atoms with Gasteiger partial charge in [-0.3, -0.25) is 0 Å². The number of hydrogen-bond donors (Lipinski definition) is 0. The van der Waals surface area contributed by atoms with Gasteiger partial charge in [-0.1, -0.05) is 13.8 Å². The Bertz CT molecular complexity index is 830. The number of esters is 1. The molecule has 4 heterocycles. The third-order valence-corrected chi connectivity index (χ3v) is 8.01. The van der Waals surface area contributed by atoms with Gasteiger partial charge in [0.05, 0.1) is 18.3 Å². The first-order valence-corrected chi connectivity index (χ1v) is 11.5. The van der Waals surface area contributed by atoms with Crippen molar-refractivity contribution in [2.24, 2.45) is 23.7 Å². The molecule has 4 aliphatic heterocycles. The maximum atomic E-state index is 13.1. The van der Waals surface area contributed by atoms with Crippen LogP contribution in [0.3, 0.4) is 0 Å². The largest absolute Gasteiger partial charge is 0.462 e. The Morgan fingerprint density at radius 3 is 2.68 bits per heavy atom. The molecule has 6 rings (SSSR count). The second-order valence-electron chi connectivity index (χ2n) is 9.88. The van der Waals surface area contributed by atoms with Crippen molar-refractivity contribution in [3.05, 3.63) is 35.6 Å². The molecule has 170 valence electrons. The molecule has 5 aliphatic rings. The number of benzene rings is 1. The van der Waals surface area contributed by atoms with Gasteiger partial charge in [0.25, 0.3) is 0 Å². The second kappa shape index (κ2) is 7.80. The minimum atomic E-state index is -0.794. The minimum Gasteiger partial charge on any atom is -0.462 e. The Morgan fingerprint density at radius 2 is 1.90 bits per heavy atom. The molecule has 4 saturated heterocycles. The van der Waals surface area contributed by atoms with Crippen LogP contribution in [0.25, 0.3) is 0 Å². The predicted molar refractivity (Wildman–Crippen MR) is 108 cm³/mol. The molecule has 1 saturated carbocycles.